The molecule has 9 aromatic rings. The zero-order chi connectivity index (χ0) is 26.2. The highest BCUT2D eigenvalue weighted by molar-refractivity contribution is 6.34. The molecule has 1 heteroatoms. The van der Waals surface area contributed by atoms with Crippen molar-refractivity contribution >= 4 is 75.5 Å². The lowest BCUT2D eigenvalue weighted by Gasteiger charge is -2.17. The van der Waals surface area contributed by atoms with Crippen molar-refractivity contribution in [2.24, 2.45) is 0 Å². The van der Waals surface area contributed by atoms with Gasteiger partial charge in [-0.25, -0.2) is 4.98 Å². The van der Waals surface area contributed by atoms with Gasteiger partial charge >= 0.3 is 0 Å². The van der Waals surface area contributed by atoms with E-state index in [-0.39, 0.29) is 0 Å². The molecule has 1 nitrogen and oxygen atoms in total. The third kappa shape index (κ3) is 3.00. The van der Waals surface area contributed by atoms with Crippen molar-refractivity contribution in [1.29, 1.82) is 0 Å². The molecule has 8 aromatic carbocycles. The first kappa shape index (κ1) is 21.6. The maximum absolute atomic E-state index is 5.31. The van der Waals surface area contributed by atoms with Gasteiger partial charge in [-0.05, 0) is 83.5 Å². The lowest BCUT2D eigenvalue weighted by atomic mass is 9.87. The van der Waals surface area contributed by atoms with Crippen LogP contribution in [0.2, 0.25) is 0 Å². The lowest BCUT2D eigenvalue weighted by Crippen LogP contribution is -1.91. The van der Waals surface area contributed by atoms with Gasteiger partial charge in [0.15, 0.2) is 0 Å². The van der Waals surface area contributed by atoms with Crippen molar-refractivity contribution in [2.75, 3.05) is 0 Å². The van der Waals surface area contributed by atoms with Crippen LogP contribution >= 0.6 is 0 Å². The van der Waals surface area contributed by atoms with Crippen LogP contribution in [-0.2, 0) is 0 Å². The van der Waals surface area contributed by atoms with E-state index in [9.17, 15) is 0 Å². The Morgan fingerprint density at radius 1 is 0.325 bits per heavy atom. The number of hydrogen-bond acceptors (Lipinski definition) is 1. The van der Waals surface area contributed by atoms with Crippen LogP contribution in [0.3, 0.4) is 0 Å². The van der Waals surface area contributed by atoms with Crippen LogP contribution in [0.4, 0.5) is 0 Å². The number of rotatable bonds is 1. The summed E-state index contributed by atoms with van der Waals surface area (Å²) in [6.07, 6.45) is 0. The Balaban J connectivity index is 1.47. The molecule has 0 aliphatic carbocycles. The van der Waals surface area contributed by atoms with Crippen LogP contribution < -0.4 is 0 Å². The molecule has 0 atom stereocenters. The highest BCUT2D eigenvalue weighted by Crippen LogP contribution is 2.43. The van der Waals surface area contributed by atoms with Crippen LogP contribution in [0.1, 0.15) is 0 Å². The number of nitrogens with zero attached hydrogens (tertiary/aromatic N) is 1. The minimum absolute atomic E-state index is 1.00. The van der Waals surface area contributed by atoms with Gasteiger partial charge < -0.3 is 0 Å². The van der Waals surface area contributed by atoms with Gasteiger partial charge in [-0.15, -0.1) is 0 Å². The van der Waals surface area contributed by atoms with Crippen LogP contribution in [0, 0.1) is 0 Å². The summed E-state index contributed by atoms with van der Waals surface area (Å²) in [5.74, 6) is 0. The van der Waals surface area contributed by atoms with E-state index in [1.54, 1.807) is 0 Å². The Labute approximate surface area is 230 Å². The van der Waals surface area contributed by atoms with E-state index in [0.717, 1.165) is 16.6 Å². The summed E-state index contributed by atoms with van der Waals surface area (Å²) in [6.45, 7) is 0. The third-order valence-electron chi connectivity index (χ3n) is 8.57. The molecule has 0 aliphatic rings. The predicted octanol–water partition coefficient (Wildman–Crippen LogP) is 10.8. The highest BCUT2D eigenvalue weighted by atomic mass is 14.7. The second kappa shape index (κ2) is 8.11. The quantitative estimate of drug-likeness (QED) is 0.160. The average molecular weight is 506 g/mol. The van der Waals surface area contributed by atoms with Crippen LogP contribution in [0.25, 0.3) is 86.8 Å². The maximum atomic E-state index is 5.31. The minimum Gasteiger partial charge on any atom is -0.247 e. The van der Waals surface area contributed by atoms with Gasteiger partial charge in [0.2, 0.25) is 0 Å². The van der Waals surface area contributed by atoms with Gasteiger partial charge in [0.1, 0.15) is 0 Å². The fourth-order valence-corrected chi connectivity index (χ4v) is 6.72. The molecule has 1 heterocycles. The molecule has 0 saturated carbocycles. The summed E-state index contributed by atoms with van der Waals surface area (Å²) >= 11 is 0. The Bertz CT molecular complexity index is 2490. The Hall–Kier alpha value is -5.27. The first-order chi connectivity index (χ1) is 19.8. The zero-order valence-corrected chi connectivity index (χ0v) is 21.7. The van der Waals surface area contributed by atoms with E-state index in [1.807, 2.05) is 0 Å². The first-order valence-electron chi connectivity index (χ1n) is 13.8. The van der Waals surface area contributed by atoms with E-state index in [2.05, 4.69) is 140 Å². The van der Waals surface area contributed by atoms with Gasteiger partial charge in [-0.2, -0.15) is 0 Å². The Morgan fingerprint density at radius 3 is 1.62 bits per heavy atom. The average Bonchev–Trinajstić information content (AvgIpc) is 3.03. The van der Waals surface area contributed by atoms with Crippen LogP contribution in [0.15, 0.2) is 140 Å². The summed E-state index contributed by atoms with van der Waals surface area (Å²) in [5.41, 5.74) is 3.22. The fraction of sp³-hybridized carbons (Fsp3) is 0. The van der Waals surface area contributed by atoms with E-state index in [4.69, 9.17) is 4.98 Å². The molecule has 0 bridgehead atoms. The summed E-state index contributed by atoms with van der Waals surface area (Å²) < 4.78 is 0. The topological polar surface area (TPSA) is 12.9 Å². The lowest BCUT2D eigenvalue weighted by molar-refractivity contribution is 1.42. The molecule has 0 radical (unpaired) electrons. The van der Waals surface area contributed by atoms with Crippen molar-refractivity contribution < 1.29 is 0 Å². The minimum atomic E-state index is 1.00. The van der Waals surface area contributed by atoms with Gasteiger partial charge in [0.05, 0.1) is 11.2 Å². The van der Waals surface area contributed by atoms with E-state index in [1.165, 1.54) is 70.2 Å². The Kier molecular flexibility index (Phi) is 4.39. The monoisotopic (exact) mass is 505 g/mol. The molecular weight excluding hydrogens is 482 g/mol. The second-order valence-corrected chi connectivity index (χ2v) is 10.7. The van der Waals surface area contributed by atoms with E-state index in [0.29, 0.717) is 0 Å². The molecule has 184 valence electrons. The van der Waals surface area contributed by atoms with Gasteiger partial charge in [0.25, 0.3) is 0 Å². The van der Waals surface area contributed by atoms with Crippen molar-refractivity contribution in [1.82, 2.24) is 4.98 Å². The largest absolute Gasteiger partial charge is 0.247 e. The molecule has 9 rings (SSSR count). The number of pyridine rings is 1. The van der Waals surface area contributed by atoms with Gasteiger partial charge in [-0.3, -0.25) is 0 Å². The third-order valence-corrected chi connectivity index (χ3v) is 8.57. The molecule has 0 spiro atoms. The molecule has 40 heavy (non-hydrogen) atoms. The zero-order valence-electron chi connectivity index (χ0n) is 21.7. The van der Waals surface area contributed by atoms with Crippen molar-refractivity contribution in [2.45, 2.75) is 0 Å². The number of benzene rings is 8. The van der Waals surface area contributed by atoms with Gasteiger partial charge in [-0.1, -0.05) is 115 Å². The molecule has 0 saturated heterocycles. The highest BCUT2D eigenvalue weighted by Gasteiger charge is 2.16. The standard InChI is InChI=1S/C39H23N/c1-2-11-27-22-35-33(21-26(27)10-1)29-13-5-6-14-30(29)36-23-34(31-15-7-8-16-32(31)38(35)36)37-20-19-25-18-17-24-9-3-4-12-28(24)39(25)40-37/h1-23H. The second-order valence-electron chi connectivity index (χ2n) is 10.7. The molecule has 1 aromatic heterocycles. The summed E-state index contributed by atoms with van der Waals surface area (Å²) in [6, 6.07) is 50.8. The van der Waals surface area contributed by atoms with Crippen molar-refractivity contribution in [3.8, 4) is 11.3 Å². The number of aromatic nitrogens is 1. The molecule has 0 amide bonds. The van der Waals surface area contributed by atoms with Crippen LogP contribution in [-0.4, -0.2) is 4.98 Å². The Morgan fingerprint density at radius 2 is 0.850 bits per heavy atom. The summed E-state index contributed by atoms with van der Waals surface area (Å²) in [4.78, 5) is 5.31. The smallest absolute Gasteiger partial charge is 0.0787 e. The van der Waals surface area contributed by atoms with Crippen molar-refractivity contribution in [3.05, 3.63) is 140 Å². The van der Waals surface area contributed by atoms with E-state index < -0.39 is 0 Å². The molecule has 0 aliphatic heterocycles. The van der Waals surface area contributed by atoms with Crippen molar-refractivity contribution in [3.63, 3.8) is 0 Å². The normalized spacial score (nSPS) is 12.0. The molecular formula is C39H23N. The molecule has 0 unspecified atom stereocenters. The van der Waals surface area contributed by atoms with Crippen LogP contribution in [0.5, 0.6) is 0 Å². The number of fused-ring (bicyclic) bond motifs is 12. The van der Waals surface area contributed by atoms with Gasteiger partial charge in [0, 0.05) is 16.3 Å². The summed E-state index contributed by atoms with van der Waals surface area (Å²) in [7, 11) is 0. The molecule has 0 fully saturated rings. The summed E-state index contributed by atoms with van der Waals surface area (Å²) in [5, 5.41) is 16.3. The predicted molar refractivity (Wildman–Crippen MR) is 172 cm³/mol. The van der Waals surface area contributed by atoms with E-state index >= 15 is 0 Å². The molecule has 0 N–H and O–H groups in total. The first-order valence-corrected chi connectivity index (χ1v) is 13.8. The number of hydrogen-bond donors (Lipinski definition) is 0. The fourth-order valence-electron chi connectivity index (χ4n) is 6.72. The maximum Gasteiger partial charge on any atom is 0.0787 e. The SMILES string of the molecule is c1ccc2cc3c(cc2c1)c1ccccc1c1cc(-c2ccc4ccc5ccccc5c4n2)c2ccccc2c13.